The molecule has 0 bridgehead atoms. The minimum Gasteiger partial charge on any atom is -0.364 e. The number of carbonyl (C=O) groups excluding carboxylic acids is 1. The molecular weight excluding hydrogens is 290 g/mol. The molecule has 1 spiro atoms. The van der Waals surface area contributed by atoms with E-state index in [1.165, 1.54) is 12.8 Å². The van der Waals surface area contributed by atoms with E-state index in [0.29, 0.717) is 5.41 Å². The largest absolute Gasteiger partial charge is 0.364 e. The highest BCUT2D eigenvalue weighted by Gasteiger charge is 2.47. The molecule has 1 aromatic carbocycles. The van der Waals surface area contributed by atoms with Crippen molar-refractivity contribution in [3.05, 3.63) is 36.6 Å². The molecule has 2 aromatic rings. The number of hydrogen-bond acceptors (Lipinski definition) is 4. The molecule has 1 saturated heterocycles. The van der Waals surface area contributed by atoms with Gasteiger partial charge in [-0.3, -0.25) is 4.79 Å². The lowest BCUT2D eigenvalue weighted by molar-refractivity contribution is -0.128. The van der Waals surface area contributed by atoms with Crippen LogP contribution in [-0.2, 0) is 4.79 Å². The van der Waals surface area contributed by atoms with Gasteiger partial charge in [-0.15, -0.1) is 0 Å². The number of anilines is 1. The molecule has 0 radical (unpaired) electrons. The van der Waals surface area contributed by atoms with Crippen LogP contribution in [0.2, 0.25) is 0 Å². The number of nitrogens with zero attached hydrogens (tertiary/aromatic N) is 1. The molecule has 2 heterocycles. The van der Waals surface area contributed by atoms with Crippen molar-refractivity contribution < 1.29 is 9.32 Å². The summed E-state index contributed by atoms with van der Waals surface area (Å²) < 4.78 is 4.85. The molecule has 1 amide bonds. The third-order valence-electron chi connectivity index (χ3n) is 5.28. The van der Waals surface area contributed by atoms with Crippen molar-refractivity contribution in [1.82, 2.24) is 10.5 Å². The fraction of sp³-hybridized carbons (Fsp3) is 0.444. The van der Waals surface area contributed by atoms with E-state index < -0.39 is 0 Å². The number of piperidine rings is 1. The molecule has 2 aliphatic rings. The molecular formula is C18H21N3O2. The molecule has 2 fully saturated rings. The van der Waals surface area contributed by atoms with Crippen molar-refractivity contribution in [2.45, 2.75) is 25.7 Å². The minimum absolute atomic E-state index is 0.156. The Morgan fingerprint density at radius 2 is 1.91 bits per heavy atom. The number of rotatable bonds is 3. The van der Waals surface area contributed by atoms with Crippen LogP contribution in [0.25, 0.3) is 11.3 Å². The van der Waals surface area contributed by atoms with Crippen LogP contribution in [0.15, 0.2) is 41.1 Å². The summed E-state index contributed by atoms with van der Waals surface area (Å²) in [5.41, 5.74) is 3.06. The van der Waals surface area contributed by atoms with Gasteiger partial charge in [0.2, 0.25) is 5.91 Å². The third kappa shape index (κ3) is 2.88. The molecule has 1 aromatic heterocycles. The van der Waals surface area contributed by atoms with Gasteiger partial charge in [0.1, 0.15) is 12.0 Å². The van der Waals surface area contributed by atoms with E-state index in [-0.39, 0.29) is 11.8 Å². The van der Waals surface area contributed by atoms with E-state index >= 15 is 0 Å². The Kier molecular flexibility index (Phi) is 3.65. The van der Waals surface area contributed by atoms with E-state index in [2.05, 4.69) is 15.8 Å². The Morgan fingerprint density at radius 3 is 2.57 bits per heavy atom. The van der Waals surface area contributed by atoms with Crippen LogP contribution >= 0.6 is 0 Å². The van der Waals surface area contributed by atoms with E-state index in [4.69, 9.17) is 4.52 Å². The van der Waals surface area contributed by atoms with Crippen molar-refractivity contribution in [2.75, 3.05) is 18.4 Å². The molecule has 5 heteroatoms. The first-order chi connectivity index (χ1) is 11.2. The van der Waals surface area contributed by atoms with Crippen molar-refractivity contribution in [3.63, 3.8) is 0 Å². The summed E-state index contributed by atoms with van der Waals surface area (Å²) in [4.78, 5) is 12.4. The molecule has 120 valence electrons. The van der Waals surface area contributed by atoms with Crippen LogP contribution in [0, 0.1) is 11.3 Å². The number of hydrogen-bond donors (Lipinski definition) is 2. The predicted octanol–water partition coefficient (Wildman–Crippen LogP) is 3.06. The van der Waals surface area contributed by atoms with E-state index in [9.17, 15) is 4.79 Å². The summed E-state index contributed by atoms with van der Waals surface area (Å²) in [6, 6.07) is 9.55. The van der Waals surface area contributed by atoms with E-state index in [1.54, 1.807) is 6.26 Å². The molecule has 0 unspecified atom stereocenters. The molecule has 5 nitrogen and oxygen atoms in total. The lowest BCUT2D eigenvalue weighted by Gasteiger charge is -2.49. The van der Waals surface area contributed by atoms with Crippen LogP contribution in [0.3, 0.4) is 0 Å². The summed E-state index contributed by atoms with van der Waals surface area (Å²) in [6.45, 7) is 2.19. The van der Waals surface area contributed by atoms with Gasteiger partial charge < -0.3 is 15.2 Å². The highest BCUT2D eigenvalue weighted by Crippen LogP contribution is 2.51. The molecule has 1 aliphatic carbocycles. The van der Waals surface area contributed by atoms with Crippen molar-refractivity contribution in [3.8, 4) is 11.3 Å². The lowest BCUT2D eigenvalue weighted by atomic mass is 9.57. The molecule has 1 saturated carbocycles. The zero-order chi connectivity index (χ0) is 15.7. The van der Waals surface area contributed by atoms with Crippen LogP contribution < -0.4 is 10.6 Å². The summed E-state index contributed by atoms with van der Waals surface area (Å²) in [7, 11) is 0. The minimum atomic E-state index is 0.156. The van der Waals surface area contributed by atoms with Gasteiger partial charge in [-0.25, -0.2) is 0 Å². The highest BCUT2D eigenvalue weighted by molar-refractivity contribution is 5.93. The first-order valence-corrected chi connectivity index (χ1v) is 8.27. The van der Waals surface area contributed by atoms with Gasteiger partial charge in [-0.2, -0.15) is 0 Å². The Labute approximate surface area is 135 Å². The maximum Gasteiger partial charge on any atom is 0.227 e. The summed E-state index contributed by atoms with van der Waals surface area (Å²) in [5.74, 6) is 0.326. The summed E-state index contributed by atoms with van der Waals surface area (Å²) >= 11 is 0. The van der Waals surface area contributed by atoms with Crippen LogP contribution in [0.5, 0.6) is 0 Å². The fourth-order valence-electron chi connectivity index (χ4n) is 3.87. The van der Waals surface area contributed by atoms with Crippen molar-refractivity contribution in [2.24, 2.45) is 11.3 Å². The first-order valence-electron chi connectivity index (χ1n) is 8.27. The zero-order valence-electron chi connectivity index (χ0n) is 13.0. The number of benzene rings is 1. The van der Waals surface area contributed by atoms with Crippen LogP contribution in [-0.4, -0.2) is 24.2 Å². The second-order valence-electron chi connectivity index (χ2n) is 6.81. The SMILES string of the molecule is O=C(Nc1ccc(-c2ccon2)cc1)C1CC2(CCNCC2)C1. The predicted molar refractivity (Wildman–Crippen MR) is 87.8 cm³/mol. The van der Waals surface area contributed by atoms with Gasteiger partial charge in [0.15, 0.2) is 0 Å². The topological polar surface area (TPSA) is 67.2 Å². The summed E-state index contributed by atoms with van der Waals surface area (Å²) in [6.07, 6.45) is 6.06. The standard InChI is InChI=1S/C18H21N3O2/c22-17(14-11-18(12-14)6-8-19-9-7-18)20-15-3-1-13(2-4-15)16-5-10-23-21-16/h1-5,10,14,19H,6-9,11-12H2,(H,20,22). The smallest absolute Gasteiger partial charge is 0.227 e. The molecule has 1 aliphatic heterocycles. The zero-order valence-corrected chi connectivity index (χ0v) is 13.0. The number of nitrogens with one attached hydrogen (secondary N) is 2. The number of carbonyl (C=O) groups is 1. The molecule has 2 N–H and O–H groups in total. The normalized spacial score (nSPS) is 20.2. The van der Waals surface area contributed by atoms with Crippen LogP contribution in [0.4, 0.5) is 5.69 Å². The van der Waals surface area contributed by atoms with E-state index in [0.717, 1.165) is 42.9 Å². The second-order valence-corrected chi connectivity index (χ2v) is 6.81. The second kappa shape index (κ2) is 5.81. The summed E-state index contributed by atoms with van der Waals surface area (Å²) in [5, 5.41) is 10.3. The molecule has 0 atom stereocenters. The number of amides is 1. The average Bonchev–Trinajstić information content (AvgIpc) is 3.08. The number of aromatic nitrogens is 1. The quantitative estimate of drug-likeness (QED) is 0.914. The fourth-order valence-corrected chi connectivity index (χ4v) is 3.87. The third-order valence-corrected chi connectivity index (χ3v) is 5.28. The molecule has 4 rings (SSSR count). The molecule has 23 heavy (non-hydrogen) atoms. The van der Waals surface area contributed by atoms with E-state index in [1.807, 2.05) is 30.3 Å². The van der Waals surface area contributed by atoms with Gasteiger partial charge in [-0.05, 0) is 56.3 Å². The van der Waals surface area contributed by atoms with Crippen molar-refractivity contribution in [1.29, 1.82) is 0 Å². The first kappa shape index (κ1) is 14.5. The Morgan fingerprint density at radius 1 is 1.17 bits per heavy atom. The Hall–Kier alpha value is -2.14. The van der Waals surface area contributed by atoms with Gasteiger partial charge >= 0.3 is 0 Å². The Bertz CT molecular complexity index is 665. The van der Waals surface area contributed by atoms with Crippen molar-refractivity contribution >= 4 is 11.6 Å². The van der Waals surface area contributed by atoms with Gasteiger partial charge in [0, 0.05) is 23.2 Å². The van der Waals surface area contributed by atoms with Crippen LogP contribution in [0.1, 0.15) is 25.7 Å². The maximum absolute atomic E-state index is 12.4. The highest BCUT2D eigenvalue weighted by atomic mass is 16.5. The maximum atomic E-state index is 12.4. The monoisotopic (exact) mass is 311 g/mol. The van der Waals surface area contributed by atoms with Gasteiger partial charge in [0.05, 0.1) is 0 Å². The van der Waals surface area contributed by atoms with Gasteiger partial charge in [-0.1, -0.05) is 17.3 Å². The average molecular weight is 311 g/mol. The van der Waals surface area contributed by atoms with Gasteiger partial charge in [0.25, 0.3) is 0 Å². The lowest BCUT2D eigenvalue weighted by Crippen LogP contribution is -2.48. The Balaban J connectivity index is 1.34.